The van der Waals surface area contributed by atoms with Crippen molar-refractivity contribution in [1.82, 2.24) is 4.90 Å². The molecule has 7 nitrogen and oxygen atoms in total. The lowest BCUT2D eigenvalue weighted by molar-refractivity contribution is -0.212. The Balaban J connectivity index is 1.47. The third-order valence-electron chi connectivity index (χ3n) is 11.5. The van der Waals surface area contributed by atoms with Crippen molar-refractivity contribution < 1.29 is 38.5 Å². The van der Waals surface area contributed by atoms with Gasteiger partial charge in [-0.3, -0.25) is 19.3 Å². The van der Waals surface area contributed by atoms with Crippen LogP contribution in [0.25, 0.3) is 0 Å². The maximum atomic E-state index is 17.6. The summed E-state index contributed by atoms with van der Waals surface area (Å²) in [6.07, 6.45) is 0.188. The van der Waals surface area contributed by atoms with Gasteiger partial charge in [0.15, 0.2) is 17.2 Å². The van der Waals surface area contributed by atoms with Crippen LogP contribution in [0.15, 0.2) is 54.1 Å². The second-order valence-corrected chi connectivity index (χ2v) is 12.9. The number of Topliss-reactive ketones (excluding diaryl/α,β-unsaturated/α-hetero) is 1. The van der Waals surface area contributed by atoms with Gasteiger partial charge in [-0.05, 0) is 66.7 Å². The highest BCUT2D eigenvalue weighted by atomic mass is 19.1. The third kappa shape index (κ3) is 3.22. The van der Waals surface area contributed by atoms with Crippen molar-refractivity contribution in [2.75, 3.05) is 13.2 Å². The Bertz CT molecular complexity index is 1330. The predicted molar refractivity (Wildman–Crippen MR) is 140 cm³/mol. The lowest BCUT2D eigenvalue weighted by Gasteiger charge is -2.63. The zero-order valence-electron chi connectivity index (χ0n) is 22.6. The molecule has 0 radical (unpaired) electrons. The van der Waals surface area contributed by atoms with Crippen LogP contribution >= 0.6 is 0 Å². The summed E-state index contributed by atoms with van der Waals surface area (Å²) in [7, 11) is 0. The van der Waals surface area contributed by atoms with Crippen molar-refractivity contribution in [3.8, 4) is 0 Å². The van der Waals surface area contributed by atoms with Crippen LogP contribution in [0, 0.1) is 34.0 Å². The number of carbonyl (C=O) groups excluding carboxylic acids is 2. The number of allylic oxidation sites excluding steroid dienone is 4. The molecule has 1 saturated heterocycles. The molecule has 40 heavy (non-hydrogen) atoms. The number of hydrogen-bond acceptors (Lipinski definition) is 6. The molecule has 1 aliphatic heterocycles. The van der Waals surface area contributed by atoms with E-state index in [0.29, 0.717) is 0 Å². The predicted octanol–water partition coefficient (Wildman–Crippen LogP) is 3.05. The summed E-state index contributed by atoms with van der Waals surface area (Å²) in [5, 5.41) is 32.3. The molecule has 3 saturated carbocycles. The van der Waals surface area contributed by atoms with Crippen LogP contribution in [0.2, 0.25) is 0 Å². The van der Waals surface area contributed by atoms with Gasteiger partial charge < -0.3 is 15.3 Å². The number of nitrogens with zero attached hydrogens (tertiary/aromatic N) is 1. The van der Waals surface area contributed by atoms with E-state index in [1.807, 2.05) is 30.3 Å². The van der Waals surface area contributed by atoms with Gasteiger partial charge >= 0.3 is 5.97 Å². The molecule has 4 fully saturated rings. The number of aliphatic carboxylic acids is 1. The third-order valence-corrected chi connectivity index (χ3v) is 11.5. The van der Waals surface area contributed by atoms with Crippen molar-refractivity contribution >= 4 is 17.5 Å². The number of alkyl halides is 2. The SMILES string of the molecule is C[C@]12C=CC(=O)C=C1[C@@H](F)C[C@H]1[C@@H]3C[C@H]4C(C(=O)O)N(Cc5ccccc5)C[C@@]4(C(=O)CO)[C@@]3(C)C[C@H](O)[C@@]12F. The van der Waals surface area contributed by atoms with Crippen LogP contribution in [-0.4, -0.2) is 74.9 Å². The number of ketones is 2. The molecular formula is C31H35F2NO6. The van der Waals surface area contributed by atoms with Gasteiger partial charge in [-0.25, -0.2) is 8.78 Å². The first kappa shape index (κ1) is 27.4. The number of fused-ring (bicyclic) bond motifs is 7. The van der Waals surface area contributed by atoms with E-state index in [9.17, 15) is 29.7 Å². The highest BCUT2D eigenvalue weighted by Crippen LogP contribution is 2.75. The zero-order valence-corrected chi connectivity index (χ0v) is 22.6. The summed E-state index contributed by atoms with van der Waals surface area (Å²) in [6.45, 7) is 2.79. The van der Waals surface area contributed by atoms with Crippen LogP contribution < -0.4 is 0 Å². The Morgan fingerprint density at radius 3 is 2.45 bits per heavy atom. The van der Waals surface area contributed by atoms with E-state index >= 15 is 8.78 Å². The monoisotopic (exact) mass is 555 g/mol. The number of aliphatic hydroxyl groups excluding tert-OH is 2. The molecule has 0 bridgehead atoms. The Labute approximate surface area is 231 Å². The summed E-state index contributed by atoms with van der Waals surface area (Å²) in [5.74, 6) is -4.47. The van der Waals surface area contributed by atoms with Crippen molar-refractivity contribution in [1.29, 1.82) is 0 Å². The van der Waals surface area contributed by atoms with Gasteiger partial charge in [0.05, 0.1) is 11.5 Å². The molecule has 0 spiro atoms. The molecule has 9 heteroatoms. The van der Waals surface area contributed by atoms with Crippen LogP contribution in [0.1, 0.15) is 38.7 Å². The molecule has 1 aromatic rings. The number of aliphatic hydroxyl groups is 2. The van der Waals surface area contributed by atoms with E-state index in [4.69, 9.17) is 0 Å². The van der Waals surface area contributed by atoms with Crippen LogP contribution in [-0.2, 0) is 20.9 Å². The van der Waals surface area contributed by atoms with Gasteiger partial charge in [-0.1, -0.05) is 43.3 Å². The molecule has 3 N–H and O–H groups in total. The highest BCUT2D eigenvalue weighted by molar-refractivity contribution is 6.01. The van der Waals surface area contributed by atoms with E-state index in [-0.39, 0.29) is 37.9 Å². The van der Waals surface area contributed by atoms with Crippen LogP contribution in [0.3, 0.4) is 0 Å². The average Bonchev–Trinajstić information content (AvgIpc) is 3.36. The standard InChI is InChI=1S/C31H35F2NO6/c1-28-9-8-18(36)10-21(28)23(32)12-20-19-11-22-26(27(39)40)34(14-17-6-4-3-5-7-17)16-30(22,25(38)15-35)29(19,2)13-24(37)31(20,28)33/h3-10,19-20,22-24,26,35,37H,11-16H2,1-2H3,(H,39,40)/t19-,20-,22-,23-,24-,26?,28-,29-,30+,31-/m0/s1. The summed E-state index contributed by atoms with van der Waals surface area (Å²) >= 11 is 0. The van der Waals surface area contributed by atoms with Crippen LogP contribution in [0.4, 0.5) is 8.78 Å². The van der Waals surface area contributed by atoms with E-state index in [2.05, 4.69) is 0 Å². The molecule has 5 aliphatic rings. The number of likely N-dealkylation sites (tertiary alicyclic amines) is 1. The largest absolute Gasteiger partial charge is 0.480 e. The summed E-state index contributed by atoms with van der Waals surface area (Å²) in [4.78, 5) is 40.4. The van der Waals surface area contributed by atoms with Crippen molar-refractivity contribution in [3.05, 3.63) is 59.7 Å². The summed E-state index contributed by atoms with van der Waals surface area (Å²) in [5.41, 5.74) is -5.48. The van der Waals surface area contributed by atoms with Gasteiger partial charge in [0.1, 0.15) is 18.8 Å². The topological polar surface area (TPSA) is 115 Å². The Morgan fingerprint density at radius 2 is 1.80 bits per heavy atom. The smallest absolute Gasteiger partial charge is 0.321 e. The first-order chi connectivity index (χ1) is 18.8. The maximum absolute atomic E-state index is 17.6. The minimum Gasteiger partial charge on any atom is -0.480 e. The number of carbonyl (C=O) groups is 3. The van der Waals surface area contributed by atoms with E-state index in [1.165, 1.54) is 19.1 Å². The second kappa shape index (κ2) is 8.87. The Hall–Kier alpha value is -2.75. The first-order valence-electron chi connectivity index (χ1n) is 14.0. The molecule has 6 rings (SSSR count). The molecule has 1 heterocycles. The van der Waals surface area contributed by atoms with Crippen LogP contribution in [0.5, 0.6) is 0 Å². The fourth-order valence-electron chi connectivity index (χ4n) is 9.82. The van der Waals surface area contributed by atoms with Crippen molar-refractivity contribution in [2.45, 2.75) is 63.6 Å². The molecule has 0 aromatic heterocycles. The molecule has 10 atom stereocenters. The zero-order chi connectivity index (χ0) is 28.8. The fraction of sp³-hybridized carbons (Fsp3) is 0.581. The number of halogens is 2. The second-order valence-electron chi connectivity index (χ2n) is 12.9. The maximum Gasteiger partial charge on any atom is 0.321 e. The molecule has 4 aliphatic carbocycles. The molecular weight excluding hydrogens is 520 g/mol. The number of benzene rings is 1. The quantitative estimate of drug-likeness (QED) is 0.512. The van der Waals surface area contributed by atoms with E-state index in [1.54, 1.807) is 11.8 Å². The normalized spacial score (nSPS) is 45.8. The van der Waals surface area contributed by atoms with Crippen molar-refractivity contribution in [2.24, 2.45) is 34.0 Å². The average molecular weight is 556 g/mol. The first-order valence-corrected chi connectivity index (χ1v) is 14.0. The summed E-state index contributed by atoms with van der Waals surface area (Å²) in [6, 6.07) is 8.22. The molecule has 1 aromatic carbocycles. The molecule has 214 valence electrons. The van der Waals surface area contributed by atoms with Gasteiger partial charge in [0.25, 0.3) is 0 Å². The van der Waals surface area contributed by atoms with E-state index < -0.39 is 82.1 Å². The molecule has 0 amide bonds. The highest BCUT2D eigenvalue weighted by Gasteiger charge is 2.79. The Kier molecular flexibility index (Phi) is 6.08. The van der Waals surface area contributed by atoms with E-state index in [0.717, 1.165) is 11.6 Å². The summed E-state index contributed by atoms with van der Waals surface area (Å²) < 4.78 is 33.4. The molecule has 1 unspecified atom stereocenters. The van der Waals surface area contributed by atoms with Crippen molar-refractivity contribution in [3.63, 3.8) is 0 Å². The number of carboxylic acids is 1. The van der Waals surface area contributed by atoms with Gasteiger partial charge in [0, 0.05) is 24.4 Å². The van der Waals surface area contributed by atoms with Gasteiger partial charge in [0.2, 0.25) is 0 Å². The number of hydrogen-bond donors (Lipinski definition) is 3. The minimum absolute atomic E-state index is 0.0122. The lowest BCUT2D eigenvalue weighted by atomic mass is 9.43. The number of rotatable bonds is 5. The van der Waals surface area contributed by atoms with Gasteiger partial charge in [-0.2, -0.15) is 0 Å². The lowest BCUT2D eigenvalue weighted by Crippen LogP contribution is -2.69. The fourth-order valence-corrected chi connectivity index (χ4v) is 9.82. The Morgan fingerprint density at radius 1 is 1.10 bits per heavy atom. The van der Waals surface area contributed by atoms with Gasteiger partial charge in [-0.15, -0.1) is 0 Å². The minimum atomic E-state index is -2.33. The number of carboxylic acid groups (broad SMARTS) is 1.